The van der Waals surface area contributed by atoms with Crippen LogP contribution in [0.1, 0.15) is 6.42 Å². The van der Waals surface area contributed by atoms with E-state index in [0.29, 0.717) is 0 Å². The summed E-state index contributed by atoms with van der Waals surface area (Å²) in [7, 11) is 8.06. The van der Waals surface area contributed by atoms with Gasteiger partial charge in [-0.15, -0.1) is 24.0 Å². The number of aliphatic imine (C=N–C) groups is 1. The number of para-hydroxylation sites is 2. The summed E-state index contributed by atoms with van der Waals surface area (Å²) in [6, 6.07) is 8.22. The number of halogens is 1. The number of aromatic nitrogens is 2. The second-order valence-corrected chi connectivity index (χ2v) is 5.25. The van der Waals surface area contributed by atoms with Crippen molar-refractivity contribution in [3.8, 4) is 0 Å². The van der Waals surface area contributed by atoms with Crippen LogP contribution in [0.4, 0.5) is 0 Å². The fraction of sp³-hybridized carbons (Fsp3) is 0.467. The minimum absolute atomic E-state index is 0. The molecule has 0 aliphatic carbocycles. The van der Waals surface area contributed by atoms with Crippen molar-refractivity contribution in [2.75, 3.05) is 34.7 Å². The van der Waals surface area contributed by atoms with E-state index in [1.54, 1.807) is 0 Å². The molecule has 0 radical (unpaired) electrons. The highest BCUT2D eigenvalue weighted by Gasteiger charge is 2.04. The summed E-state index contributed by atoms with van der Waals surface area (Å²) in [5.74, 6) is 1.00. The quantitative estimate of drug-likeness (QED) is 0.342. The molecule has 0 saturated heterocycles. The van der Waals surface area contributed by atoms with Gasteiger partial charge in [0.1, 0.15) is 0 Å². The van der Waals surface area contributed by atoms with Crippen LogP contribution in [-0.4, -0.2) is 60.0 Å². The predicted molar refractivity (Wildman–Crippen MR) is 99.4 cm³/mol. The van der Waals surface area contributed by atoms with Crippen molar-refractivity contribution in [1.29, 1.82) is 0 Å². The van der Waals surface area contributed by atoms with Gasteiger partial charge in [0.05, 0.1) is 17.4 Å². The Labute approximate surface area is 143 Å². The number of nitrogens with zero attached hydrogens (tertiary/aromatic N) is 5. The summed E-state index contributed by atoms with van der Waals surface area (Å²) in [6.07, 6.45) is 2.92. The Morgan fingerprint density at radius 3 is 2.48 bits per heavy atom. The molecule has 2 rings (SSSR count). The van der Waals surface area contributed by atoms with Gasteiger partial charge in [-0.05, 0) is 18.6 Å². The zero-order valence-corrected chi connectivity index (χ0v) is 15.5. The maximum atomic E-state index is 4.64. The predicted octanol–water partition coefficient (Wildman–Crippen LogP) is 2.52. The molecule has 1 heterocycles. The average Bonchev–Trinajstić information content (AvgIpc) is 2.81. The van der Waals surface area contributed by atoms with E-state index >= 15 is 0 Å². The third kappa shape index (κ3) is 4.59. The summed E-state index contributed by atoms with van der Waals surface area (Å²) in [5, 5.41) is 0. The van der Waals surface area contributed by atoms with Crippen LogP contribution in [0.25, 0.3) is 11.0 Å². The molecule has 0 saturated carbocycles. The summed E-state index contributed by atoms with van der Waals surface area (Å²) in [4.78, 5) is 13.1. The largest absolute Gasteiger partial charge is 0.349 e. The zero-order valence-electron chi connectivity index (χ0n) is 13.2. The highest BCUT2D eigenvalue weighted by atomic mass is 127. The Bertz CT molecular complexity index is 579. The molecule has 1 aromatic carbocycles. The van der Waals surface area contributed by atoms with Gasteiger partial charge < -0.3 is 14.4 Å². The maximum absolute atomic E-state index is 4.64. The van der Waals surface area contributed by atoms with Crippen LogP contribution in [0.2, 0.25) is 0 Å². The highest BCUT2D eigenvalue weighted by molar-refractivity contribution is 14.0. The molecule has 0 bridgehead atoms. The lowest BCUT2D eigenvalue weighted by molar-refractivity contribution is 0.478. The van der Waals surface area contributed by atoms with Crippen molar-refractivity contribution in [2.45, 2.75) is 13.0 Å². The van der Waals surface area contributed by atoms with E-state index < -0.39 is 0 Å². The lowest BCUT2D eigenvalue weighted by atomic mass is 10.3. The molecule has 0 atom stereocenters. The van der Waals surface area contributed by atoms with E-state index in [1.807, 2.05) is 56.5 Å². The lowest BCUT2D eigenvalue weighted by Crippen LogP contribution is -2.35. The molecule has 0 aliphatic rings. The van der Waals surface area contributed by atoms with Crippen LogP contribution in [-0.2, 0) is 6.54 Å². The Balaban J connectivity index is 0.00000220. The number of aryl methyl sites for hydroxylation is 1. The smallest absolute Gasteiger partial charge is 0.195 e. The SMILES string of the molecule is CN(C)C(=NCCCn1cnc2ccccc21)N(C)C.I. The van der Waals surface area contributed by atoms with Gasteiger partial charge in [0.25, 0.3) is 0 Å². The van der Waals surface area contributed by atoms with Crippen molar-refractivity contribution in [3.63, 3.8) is 0 Å². The van der Waals surface area contributed by atoms with E-state index in [9.17, 15) is 0 Å². The first-order valence-corrected chi connectivity index (χ1v) is 6.88. The normalized spacial score (nSPS) is 10.1. The molecular formula is C15H24IN5. The zero-order chi connectivity index (χ0) is 14.5. The van der Waals surface area contributed by atoms with Gasteiger partial charge in [0, 0.05) is 41.3 Å². The molecule has 0 fully saturated rings. The van der Waals surface area contributed by atoms with Crippen LogP contribution >= 0.6 is 24.0 Å². The molecule has 0 N–H and O–H groups in total. The van der Waals surface area contributed by atoms with Crippen LogP contribution in [0, 0.1) is 0 Å². The molecule has 0 aliphatic heterocycles. The average molecular weight is 401 g/mol. The first-order chi connectivity index (χ1) is 9.59. The Morgan fingerprint density at radius 1 is 1.14 bits per heavy atom. The molecule has 0 unspecified atom stereocenters. The molecule has 5 nitrogen and oxygen atoms in total. The van der Waals surface area contributed by atoms with Crippen molar-refractivity contribution in [2.24, 2.45) is 4.99 Å². The van der Waals surface area contributed by atoms with Gasteiger partial charge in [0.2, 0.25) is 0 Å². The van der Waals surface area contributed by atoms with E-state index in [2.05, 4.69) is 26.7 Å². The molecule has 1 aromatic heterocycles. The standard InChI is InChI=1S/C15H23N5.HI/c1-18(2)15(19(3)4)16-10-7-11-20-12-17-13-8-5-6-9-14(13)20;/h5-6,8-9,12H,7,10-11H2,1-4H3;1H. The Kier molecular flexibility index (Phi) is 6.94. The van der Waals surface area contributed by atoms with Crippen LogP contribution in [0.5, 0.6) is 0 Å². The van der Waals surface area contributed by atoms with Crippen molar-refractivity contribution in [1.82, 2.24) is 19.4 Å². The van der Waals surface area contributed by atoms with Gasteiger partial charge in [-0.2, -0.15) is 0 Å². The third-order valence-corrected chi connectivity index (χ3v) is 3.14. The third-order valence-electron chi connectivity index (χ3n) is 3.14. The van der Waals surface area contributed by atoms with E-state index in [4.69, 9.17) is 0 Å². The summed E-state index contributed by atoms with van der Waals surface area (Å²) in [5.41, 5.74) is 2.25. The van der Waals surface area contributed by atoms with Gasteiger partial charge in [-0.1, -0.05) is 12.1 Å². The number of hydrogen-bond acceptors (Lipinski definition) is 2. The first kappa shape index (κ1) is 17.7. The summed E-state index contributed by atoms with van der Waals surface area (Å²) in [6.45, 7) is 1.76. The molecule has 0 spiro atoms. The number of benzene rings is 1. The fourth-order valence-electron chi connectivity index (χ4n) is 2.29. The van der Waals surface area contributed by atoms with Gasteiger partial charge >= 0.3 is 0 Å². The number of imidazole rings is 1. The molecule has 6 heteroatoms. The van der Waals surface area contributed by atoms with Crippen molar-refractivity contribution < 1.29 is 0 Å². The van der Waals surface area contributed by atoms with Crippen molar-refractivity contribution >= 4 is 41.0 Å². The Morgan fingerprint density at radius 2 is 1.81 bits per heavy atom. The summed E-state index contributed by atoms with van der Waals surface area (Å²) >= 11 is 0. The molecule has 116 valence electrons. The number of fused-ring (bicyclic) bond motifs is 1. The Hall–Kier alpha value is -1.31. The second-order valence-electron chi connectivity index (χ2n) is 5.25. The minimum atomic E-state index is 0. The van der Waals surface area contributed by atoms with Gasteiger partial charge in [0.15, 0.2) is 5.96 Å². The number of hydrogen-bond donors (Lipinski definition) is 0. The second kappa shape index (κ2) is 8.21. The van der Waals surface area contributed by atoms with Crippen molar-refractivity contribution in [3.05, 3.63) is 30.6 Å². The molecule has 21 heavy (non-hydrogen) atoms. The fourth-order valence-corrected chi connectivity index (χ4v) is 2.29. The monoisotopic (exact) mass is 401 g/mol. The van der Waals surface area contributed by atoms with Gasteiger partial charge in [-0.3, -0.25) is 4.99 Å². The molecule has 2 aromatic rings. The topological polar surface area (TPSA) is 36.7 Å². The van der Waals surface area contributed by atoms with Crippen LogP contribution in [0.15, 0.2) is 35.6 Å². The molecule has 0 amide bonds. The van der Waals surface area contributed by atoms with E-state index in [0.717, 1.165) is 31.0 Å². The lowest BCUT2D eigenvalue weighted by Gasteiger charge is -2.22. The van der Waals surface area contributed by atoms with Crippen LogP contribution in [0.3, 0.4) is 0 Å². The number of rotatable bonds is 4. The van der Waals surface area contributed by atoms with E-state index in [-0.39, 0.29) is 24.0 Å². The highest BCUT2D eigenvalue weighted by Crippen LogP contribution is 2.12. The molecular weight excluding hydrogens is 377 g/mol. The van der Waals surface area contributed by atoms with Crippen LogP contribution < -0.4 is 0 Å². The summed E-state index contributed by atoms with van der Waals surface area (Å²) < 4.78 is 2.19. The van der Waals surface area contributed by atoms with E-state index in [1.165, 1.54) is 5.52 Å². The van der Waals surface area contributed by atoms with Gasteiger partial charge in [-0.25, -0.2) is 4.98 Å². The first-order valence-electron chi connectivity index (χ1n) is 6.88. The minimum Gasteiger partial charge on any atom is -0.349 e. The number of guanidine groups is 1. The maximum Gasteiger partial charge on any atom is 0.195 e.